The highest BCUT2D eigenvalue weighted by molar-refractivity contribution is 5.87. The molecule has 1 aliphatic rings. The zero-order valence-corrected chi connectivity index (χ0v) is 5.81. The molecule has 0 unspecified atom stereocenters. The molecule has 0 aromatic rings. The van der Waals surface area contributed by atoms with E-state index in [9.17, 15) is 0 Å². The molecule has 0 N–H and O–H groups in total. The number of rotatable bonds is 1. The van der Waals surface area contributed by atoms with Crippen molar-refractivity contribution in [2.24, 2.45) is 5.10 Å². The van der Waals surface area contributed by atoms with E-state index in [1.165, 1.54) is 19.4 Å². The van der Waals surface area contributed by atoms with E-state index in [1.54, 1.807) is 12.3 Å². The number of ether oxygens (including phenoxy) is 1. The molecule has 1 rings (SSSR count). The van der Waals surface area contributed by atoms with E-state index in [0.29, 0.717) is 5.90 Å². The van der Waals surface area contributed by atoms with Crippen LogP contribution in [-0.2, 0) is 9.57 Å². The maximum atomic E-state index is 4.77. The first-order valence-corrected chi connectivity index (χ1v) is 2.71. The summed E-state index contributed by atoms with van der Waals surface area (Å²) < 4.78 is 4.77. The summed E-state index contributed by atoms with van der Waals surface area (Å²) in [6.45, 7) is 0. The van der Waals surface area contributed by atoms with E-state index < -0.39 is 0 Å². The summed E-state index contributed by atoms with van der Waals surface area (Å²) in [5, 5.41) is 4.86. The van der Waals surface area contributed by atoms with Gasteiger partial charge in [0.25, 0.3) is 0 Å². The molecule has 0 saturated heterocycles. The highest BCUT2D eigenvalue weighted by Gasteiger charge is 2.04. The van der Waals surface area contributed by atoms with Crippen molar-refractivity contribution in [1.82, 2.24) is 10.7 Å². The van der Waals surface area contributed by atoms with Crippen LogP contribution in [0.15, 0.2) is 17.4 Å². The zero-order chi connectivity index (χ0) is 7.40. The van der Waals surface area contributed by atoms with Crippen molar-refractivity contribution < 1.29 is 9.57 Å². The lowest BCUT2D eigenvalue weighted by atomic mass is 10.6. The van der Waals surface area contributed by atoms with Crippen molar-refractivity contribution >= 4 is 5.90 Å². The third-order valence-corrected chi connectivity index (χ3v) is 0.972. The van der Waals surface area contributed by atoms with Gasteiger partial charge in [-0.1, -0.05) is 5.10 Å². The fourth-order valence-corrected chi connectivity index (χ4v) is 0.485. The van der Waals surface area contributed by atoms with E-state index >= 15 is 0 Å². The third kappa shape index (κ3) is 1.38. The predicted octanol–water partition coefficient (Wildman–Crippen LogP) is -0.144. The Balaban J connectivity index is 2.46. The van der Waals surface area contributed by atoms with E-state index in [-0.39, 0.29) is 0 Å². The maximum absolute atomic E-state index is 4.77. The lowest BCUT2D eigenvalue weighted by Gasteiger charge is -2.14. The molecule has 55 valence electrons. The van der Waals surface area contributed by atoms with E-state index in [1.807, 2.05) is 0 Å². The van der Waals surface area contributed by atoms with Crippen LogP contribution in [0.2, 0.25) is 0 Å². The van der Waals surface area contributed by atoms with Gasteiger partial charge in [-0.05, 0) is 5.53 Å². The average molecular weight is 142 g/mol. The summed E-state index contributed by atoms with van der Waals surface area (Å²) in [4.78, 5) is 4.70. The first-order valence-electron chi connectivity index (χ1n) is 2.71. The van der Waals surface area contributed by atoms with Gasteiger partial charge in [-0.15, -0.1) is 5.17 Å². The van der Waals surface area contributed by atoms with Crippen molar-refractivity contribution in [3.63, 3.8) is 0 Å². The molecule has 0 aliphatic carbocycles. The molecular weight excluding hydrogens is 134 g/mol. The van der Waals surface area contributed by atoms with Gasteiger partial charge < -0.3 is 4.74 Å². The number of methoxy groups -OCH3 is 1. The van der Waals surface area contributed by atoms with Crippen molar-refractivity contribution in [1.29, 1.82) is 0 Å². The Morgan fingerprint density at radius 1 is 1.50 bits per heavy atom. The Hall–Kier alpha value is -1.23. The van der Waals surface area contributed by atoms with Gasteiger partial charge in [-0.3, -0.25) is 4.84 Å². The molecule has 5 nitrogen and oxygen atoms in total. The SMILES string of the molecule is COC1=N[N]N(OC)C=C1. The van der Waals surface area contributed by atoms with Gasteiger partial charge in [-0.25, -0.2) is 0 Å². The van der Waals surface area contributed by atoms with Gasteiger partial charge in [0.1, 0.15) is 0 Å². The zero-order valence-electron chi connectivity index (χ0n) is 5.81. The number of hydroxylamine groups is 1. The van der Waals surface area contributed by atoms with Gasteiger partial charge in [0.2, 0.25) is 5.90 Å². The fraction of sp³-hybridized carbons (Fsp3) is 0.400. The summed E-state index contributed by atoms with van der Waals surface area (Å²) >= 11 is 0. The minimum Gasteiger partial charge on any atom is -0.480 e. The van der Waals surface area contributed by atoms with Crippen LogP contribution in [0.25, 0.3) is 0 Å². The minimum absolute atomic E-state index is 0.466. The Morgan fingerprint density at radius 2 is 2.30 bits per heavy atom. The highest BCUT2D eigenvalue weighted by Crippen LogP contribution is 1.95. The van der Waals surface area contributed by atoms with Gasteiger partial charge in [-0.2, -0.15) is 0 Å². The Kier molecular flexibility index (Phi) is 2.11. The Bertz CT molecular complexity index is 166. The van der Waals surface area contributed by atoms with Crippen molar-refractivity contribution in [2.45, 2.75) is 0 Å². The maximum Gasteiger partial charge on any atom is 0.236 e. The smallest absolute Gasteiger partial charge is 0.236 e. The van der Waals surface area contributed by atoms with Crippen molar-refractivity contribution in [2.75, 3.05) is 14.2 Å². The summed E-state index contributed by atoms with van der Waals surface area (Å²) in [6, 6.07) is 0. The van der Waals surface area contributed by atoms with Crippen molar-refractivity contribution in [3.8, 4) is 0 Å². The molecule has 0 aromatic heterocycles. The van der Waals surface area contributed by atoms with Crippen LogP contribution in [-0.4, -0.2) is 25.3 Å². The normalized spacial score (nSPS) is 16.2. The topological polar surface area (TPSA) is 48.2 Å². The van der Waals surface area contributed by atoms with Gasteiger partial charge in [0, 0.05) is 6.08 Å². The predicted molar refractivity (Wildman–Crippen MR) is 34.6 cm³/mol. The lowest BCUT2D eigenvalue weighted by molar-refractivity contribution is -0.134. The standard InChI is InChI=1S/C5H8N3O2/c1-9-5-3-4-8(10-2)7-6-5/h3-4H,1-2H3. The summed E-state index contributed by atoms with van der Waals surface area (Å²) in [5.41, 5.74) is 3.59. The molecule has 0 atom stereocenters. The summed E-state index contributed by atoms with van der Waals surface area (Å²) in [5.74, 6) is 0.466. The Morgan fingerprint density at radius 3 is 2.70 bits per heavy atom. The molecule has 0 aromatic carbocycles. The van der Waals surface area contributed by atoms with Gasteiger partial charge in [0.15, 0.2) is 0 Å². The second kappa shape index (κ2) is 3.07. The van der Waals surface area contributed by atoms with Crippen LogP contribution in [0.1, 0.15) is 0 Å². The van der Waals surface area contributed by atoms with Crippen LogP contribution in [0.3, 0.4) is 0 Å². The fourth-order valence-electron chi connectivity index (χ4n) is 0.485. The quantitative estimate of drug-likeness (QED) is 0.511. The molecule has 5 heteroatoms. The number of nitrogens with zero attached hydrogens (tertiary/aromatic N) is 3. The monoisotopic (exact) mass is 142 g/mol. The molecule has 0 bridgehead atoms. The third-order valence-electron chi connectivity index (χ3n) is 0.972. The van der Waals surface area contributed by atoms with Crippen molar-refractivity contribution in [3.05, 3.63) is 12.3 Å². The molecule has 1 radical (unpaired) electrons. The van der Waals surface area contributed by atoms with E-state index in [0.717, 1.165) is 0 Å². The summed E-state index contributed by atoms with van der Waals surface area (Å²) in [6.07, 6.45) is 3.25. The second-order valence-electron chi connectivity index (χ2n) is 1.53. The van der Waals surface area contributed by atoms with Crippen LogP contribution in [0, 0.1) is 0 Å². The van der Waals surface area contributed by atoms with E-state index in [2.05, 4.69) is 10.6 Å². The van der Waals surface area contributed by atoms with Crippen LogP contribution in [0.4, 0.5) is 0 Å². The molecule has 10 heavy (non-hydrogen) atoms. The minimum atomic E-state index is 0.466. The lowest BCUT2D eigenvalue weighted by Crippen LogP contribution is -2.26. The first-order chi connectivity index (χ1) is 4.86. The highest BCUT2D eigenvalue weighted by atomic mass is 16.7. The summed E-state index contributed by atoms with van der Waals surface area (Å²) in [7, 11) is 3.03. The van der Waals surface area contributed by atoms with Crippen LogP contribution >= 0.6 is 0 Å². The molecule has 1 aliphatic heterocycles. The van der Waals surface area contributed by atoms with Gasteiger partial charge >= 0.3 is 0 Å². The van der Waals surface area contributed by atoms with E-state index in [4.69, 9.17) is 9.57 Å². The molecule has 1 heterocycles. The average Bonchev–Trinajstić information content (AvgIpc) is 2.05. The first kappa shape index (κ1) is 6.88. The largest absolute Gasteiger partial charge is 0.480 e. The van der Waals surface area contributed by atoms with Crippen LogP contribution in [0.5, 0.6) is 0 Å². The Labute approximate surface area is 58.8 Å². The molecule has 0 fully saturated rings. The number of hydrogen-bond acceptors (Lipinski definition) is 4. The molecule has 0 saturated carbocycles. The van der Waals surface area contributed by atoms with Crippen LogP contribution < -0.4 is 5.53 Å². The van der Waals surface area contributed by atoms with Gasteiger partial charge in [0.05, 0.1) is 20.4 Å². The second-order valence-corrected chi connectivity index (χ2v) is 1.53. The molecular formula is C5H8N3O2. The number of hydrogen-bond donors (Lipinski definition) is 0. The molecule has 0 amide bonds. The molecule has 0 spiro atoms.